The maximum absolute atomic E-state index is 5.94. The van der Waals surface area contributed by atoms with Crippen LogP contribution < -0.4 is 5.66 Å². The van der Waals surface area contributed by atoms with Crippen LogP contribution in [-0.4, -0.2) is 18.8 Å². The maximum atomic E-state index is 5.94. The molecule has 0 spiro atoms. The average Bonchev–Trinajstić information content (AvgIpc) is 2.69. The van der Waals surface area contributed by atoms with E-state index < -0.39 is 7.12 Å². The Labute approximate surface area is 107 Å². The lowest BCUT2D eigenvalue weighted by Crippen LogP contribution is -2.51. The minimum Gasteiger partial charge on any atom is -0.465 e. The third-order valence-electron chi connectivity index (χ3n) is 3.24. The third kappa shape index (κ3) is 2.18. The molecular weight excluding hydrogens is 227 g/mol. The summed E-state index contributed by atoms with van der Waals surface area (Å²) < 4.78 is 17.6. The molecule has 18 heavy (non-hydrogen) atoms. The Bertz CT molecular complexity index is 528. The van der Waals surface area contributed by atoms with Crippen LogP contribution in [0, 0.1) is 0 Å². The van der Waals surface area contributed by atoms with Gasteiger partial charge in [-0.1, -0.05) is 18.2 Å². The van der Waals surface area contributed by atoms with Crippen LogP contribution in [0.25, 0.3) is 11.0 Å². The molecule has 1 aliphatic heterocycles. The number of benzene rings is 1. The topological polar surface area (TPSA) is 31.6 Å². The molecule has 0 saturated carbocycles. The van der Waals surface area contributed by atoms with Crippen molar-refractivity contribution in [1.29, 1.82) is 0 Å². The van der Waals surface area contributed by atoms with Gasteiger partial charge in [-0.3, -0.25) is 0 Å². The van der Waals surface area contributed by atoms with Crippen LogP contribution in [-0.2, 0) is 9.31 Å². The first-order valence-electron chi connectivity index (χ1n) is 6.35. The molecule has 1 aromatic heterocycles. The van der Waals surface area contributed by atoms with E-state index in [0.717, 1.165) is 23.0 Å². The lowest BCUT2D eigenvalue weighted by molar-refractivity contribution is -0.0244. The Morgan fingerprint density at radius 3 is 2.78 bits per heavy atom. The molecule has 0 bridgehead atoms. The average molecular weight is 244 g/mol. The van der Waals surface area contributed by atoms with Gasteiger partial charge in [0.1, 0.15) is 11.2 Å². The quantitative estimate of drug-likeness (QED) is 0.723. The minimum absolute atomic E-state index is 0.173. The van der Waals surface area contributed by atoms with Crippen molar-refractivity contribution in [2.75, 3.05) is 0 Å². The van der Waals surface area contributed by atoms with Gasteiger partial charge < -0.3 is 13.7 Å². The highest BCUT2D eigenvalue weighted by Crippen LogP contribution is 2.26. The number of hydrogen-bond acceptors (Lipinski definition) is 3. The zero-order valence-corrected chi connectivity index (χ0v) is 11.0. The molecule has 0 amide bonds. The minimum atomic E-state index is -0.406. The van der Waals surface area contributed by atoms with Crippen molar-refractivity contribution in [2.24, 2.45) is 0 Å². The van der Waals surface area contributed by atoms with E-state index in [4.69, 9.17) is 13.7 Å². The first-order valence-corrected chi connectivity index (χ1v) is 6.35. The van der Waals surface area contributed by atoms with Gasteiger partial charge in [-0.05, 0) is 39.3 Å². The van der Waals surface area contributed by atoms with E-state index in [1.54, 1.807) is 0 Å². The van der Waals surface area contributed by atoms with Crippen LogP contribution >= 0.6 is 0 Å². The Hall–Kier alpha value is -1.26. The first kappa shape index (κ1) is 11.8. The Morgan fingerprint density at radius 2 is 2.06 bits per heavy atom. The Morgan fingerprint density at radius 1 is 1.28 bits per heavy atom. The number of hydrogen-bond donors (Lipinski definition) is 0. The Kier molecular flexibility index (Phi) is 2.72. The van der Waals surface area contributed by atoms with Gasteiger partial charge in [0.05, 0.1) is 5.60 Å². The molecule has 94 valence electrons. The van der Waals surface area contributed by atoms with Crippen LogP contribution in [0.4, 0.5) is 0 Å². The molecular formula is C14H17BO3. The van der Waals surface area contributed by atoms with Gasteiger partial charge in [-0.15, -0.1) is 0 Å². The molecule has 4 heteroatoms. The van der Waals surface area contributed by atoms with E-state index in [2.05, 4.69) is 20.8 Å². The third-order valence-corrected chi connectivity index (χ3v) is 3.24. The summed E-state index contributed by atoms with van der Waals surface area (Å²) in [6.45, 7) is 6.24. The smallest absolute Gasteiger partial charge is 0.465 e. The molecule has 2 heterocycles. The van der Waals surface area contributed by atoms with Crippen LogP contribution in [0.3, 0.4) is 0 Å². The normalized spacial score (nSPS) is 23.5. The second-order valence-electron chi connectivity index (χ2n) is 5.55. The van der Waals surface area contributed by atoms with Gasteiger partial charge in [-0.2, -0.15) is 0 Å². The molecule has 0 aliphatic carbocycles. The predicted molar refractivity (Wildman–Crippen MR) is 71.9 cm³/mol. The van der Waals surface area contributed by atoms with E-state index in [0.29, 0.717) is 0 Å². The number of furan rings is 1. The summed E-state index contributed by atoms with van der Waals surface area (Å²) in [7, 11) is -0.406. The molecule has 1 fully saturated rings. The number of para-hydroxylation sites is 1. The molecule has 1 aliphatic rings. The molecule has 1 aromatic carbocycles. The number of rotatable bonds is 1. The van der Waals surface area contributed by atoms with Crippen molar-refractivity contribution in [3.8, 4) is 0 Å². The molecule has 3 nitrogen and oxygen atoms in total. The molecule has 0 N–H and O–H groups in total. The van der Waals surface area contributed by atoms with Gasteiger partial charge in [0, 0.05) is 11.5 Å². The van der Waals surface area contributed by atoms with Crippen molar-refractivity contribution in [3.05, 3.63) is 30.3 Å². The lowest BCUT2D eigenvalue weighted by Gasteiger charge is -2.37. The summed E-state index contributed by atoms with van der Waals surface area (Å²) in [6, 6.07) is 9.94. The molecule has 3 rings (SSSR count). The van der Waals surface area contributed by atoms with Crippen LogP contribution in [0.2, 0.25) is 0 Å². The standard InChI is InChI=1S/C14H17BO3/c1-10-9-14(2,3)18-15(17-10)13-8-11-6-4-5-7-12(11)16-13/h4-8,10H,9H2,1-3H3. The van der Waals surface area contributed by atoms with Crippen molar-refractivity contribution < 1.29 is 13.7 Å². The fourth-order valence-corrected chi connectivity index (χ4v) is 2.56. The van der Waals surface area contributed by atoms with E-state index in [9.17, 15) is 0 Å². The maximum Gasteiger partial charge on any atom is 0.532 e. The van der Waals surface area contributed by atoms with Gasteiger partial charge in [-0.25, -0.2) is 0 Å². The van der Waals surface area contributed by atoms with E-state index in [1.165, 1.54) is 0 Å². The van der Waals surface area contributed by atoms with Gasteiger partial charge in [0.25, 0.3) is 0 Å². The summed E-state index contributed by atoms with van der Waals surface area (Å²) in [4.78, 5) is 0. The van der Waals surface area contributed by atoms with Crippen LogP contribution in [0.1, 0.15) is 27.2 Å². The van der Waals surface area contributed by atoms with E-state index >= 15 is 0 Å². The largest absolute Gasteiger partial charge is 0.532 e. The van der Waals surface area contributed by atoms with Gasteiger partial charge in [0.15, 0.2) is 0 Å². The highest BCUT2D eigenvalue weighted by molar-refractivity contribution is 6.60. The monoisotopic (exact) mass is 244 g/mol. The van der Waals surface area contributed by atoms with Crippen LogP contribution in [0.15, 0.2) is 34.7 Å². The zero-order chi connectivity index (χ0) is 12.8. The van der Waals surface area contributed by atoms with Crippen molar-refractivity contribution in [2.45, 2.75) is 38.9 Å². The van der Waals surface area contributed by atoms with Crippen molar-refractivity contribution >= 4 is 23.7 Å². The summed E-state index contributed by atoms with van der Waals surface area (Å²) in [5.41, 5.74) is 1.44. The second-order valence-corrected chi connectivity index (χ2v) is 5.55. The highest BCUT2D eigenvalue weighted by atomic mass is 16.6. The fraction of sp³-hybridized carbons (Fsp3) is 0.429. The van der Waals surface area contributed by atoms with Gasteiger partial charge >= 0.3 is 7.12 Å². The molecule has 1 unspecified atom stereocenters. The van der Waals surface area contributed by atoms with Crippen LogP contribution in [0.5, 0.6) is 0 Å². The molecule has 1 atom stereocenters. The van der Waals surface area contributed by atoms with E-state index in [-0.39, 0.29) is 11.7 Å². The summed E-state index contributed by atoms with van der Waals surface area (Å²) in [5, 5.41) is 1.08. The van der Waals surface area contributed by atoms with E-state index in [1.807, 2.05) is 30.3 Å². The summed E-state index contributed by atoms with van der Waals surface area (Å²) >= 11 is 0. The second kappa shape index (κ2) is 4.14. The zero-order valence-electron chi connectivity index (χ0n) is 11.0. The SMILES string of the molecule is CC1CC(C)(C)OB(c2cc3ccccc3o2)O1. The van der Waals surface area contributed by atoms with Gasteiger partial charge in [0.2, 0.25) is 0 Å². The van der Waals surface area contributed by atoms with Crippen molar-refractivity contribution in [3.63, 3.8) is 0 Å². The first-order chi connectivity index (χ1) is 8.53. The fourth-order valence-electron chi connectivity index (χ4n) is 2.56. The summed E-state index contributed by atoms with van der Waals surface area (Å²) in [6.07, 6.45) is 1.07. The molecule has 1 saturated heterocycles. The summed E-state index contributed by atoms with van der Waals surface area (Å²) in [5.74, 6) is 0. The molecule has 0 radical (unpaired) electrons. The number of fused-ring (bicyclic) bond motifs is 1. The lowest BCUT2D eigenvalue weighted by atomic mass is 9.80. The Balaban J connectivity index is 1.94. The highest BCUT2D eigenvalue weighted by Gasteiger charge is 2.40. The molecule has 2 aromatic rings. The van der Waals surface area contributed by atoms with Crippen molar-refractivity contribution in [1.82, 2.24) is 0 Å². The predicted octanol–water partition coefficient (Wildman–Crippen LogP) is 2.73.